The highest BCUT2D eigenvalue weighted by Gasteiger charge is 2.16. The maximum absolute atomic E-state index is 10.4. The molecular formula is C3H6Cl2O2S. The molecule has 0 aromatic carbocycles. The molecule has 50 valence electrons. The van der Waals surface area contributed by atoms with E-state index in [1.807, 2.05) is 0 Å². The second-order valence-corrected chi connectivity index (χ2v) is 5.20. The van der Waals surface area contributed by atoms with E-state index in [9.17, 15) is 8.42 Å². The summed E-state index contributed by atoms with van der Waals surface area (Å²) in [4.78, 5) is 0. The minimum atomic E-state index is -3.21. The third kappa shape index (κ3) is 2.20. The highest BCUT2D eigenvalue weighted by molar-refractivity contribution is 7.94. The molecule has 0 aliphatic heterocycles. The fourth-order valence-corrected chi connectivity index (χ4v) is 1.13. The van der Waals surface area contributed by atoms with Crippen molar-refractivity contribution in [3.8, 4) is 0 Å². The van der Waals surface area contributed by atoms with Crippen molar-refractivity contribution >= 4 is 33.0 Å². The summed E-state index contributed by atoms with van der Waals surface area (Å²) >= 11 is 10.1. The summed E-state index contributed by atoms with van der Waals surface area (Å²) in [6.45, 7) is 1.49. The number of hydrogen-bond acceptors (Lipinski definition) is 2. The van der Waals surface area contributed by atoms with Gasteiger partial charge in [0.2, 0.25) is 4.17 Å². The first-order valence-electron chi connectivity index (χ1n) is 2.00. The van der Waals surface area contributed by atoms with Crippen LogP contribution in [0, 0.1) is 0 Å². The average molecular weight is 177 g/mol. The fourth-order valence-electron chi connectivity index (χ4n) is 0.126. The van der Waals surface area contributed by atoms with Gasteiger partial charge in [-0.1, -0.05) is 30.1 Å². The van der Waals surface area contributed by atoms with Gasteiger partial charge in [-0.25, -0.2) is 8.42 Å². The van der Waals surface area contributed by atoms with E-state index in [4.69, 9.17) is 23.2 Å². The Hall–Kier alpha value is 0.530. The molecule has 0 atom stereocenters. The SMILES string of the molecule is CCS(=O)(=O)C(Cl)Cl. The van der Waals surface area contributed by atoms with Crippen LogP contribution in [0.5, 0.6) is 0 Å². The van der Waals surface area contributed by atoms with Crippen LogP contribution in [-0.4, -0.2) is 18.3 Å². The van der Waals surface area contributed by atoms with Crippen LogP contribution >= 0.6 is 23.2 Å². The molecule has 0 aromatic heterocycles. The number of hydrogen-bond donors (Lipinski definition) is 0. The maximum Gasteiger partial charge on any atom is 0.207 e. The lowest BCUT2D eigenvalue weighted by atomic mass is 11.0. The zero-order valence-corrected chi connectivity index (χ0v) is 6.59. The van der Waals surface area contributed by atoms with Crippen molar-refractivity contribution in [1.82, 2.24) is 0 Å². The van der Waals surface area contributed by atoms with Crippen molar-refractivity contribution < 1.29 is 8.42 Å². The quantitative estimate of drug-likeness (QED) is 0.593. The monoisotopic (exact) mass is 176 g/mol. The van der Waals surface area contributed by atoms with E-state index in [1.54, 1.807) is 0 Å². The highest BCUT2D eigenvalue weighted by Crippen LogP contribution is 2.10. The minimum Gasteiger partial charge on any atom is -0.226 e. The molecule has 0 rings (SSSR count). The molecule has 0 amide bonds. The third-order valence-electron chi connectivity index (χ3n) is 0.674. The van der Waals surface area contributed by atoms with E-state index in [0.29, 0.717) is 0 Å². The molecule has 0 saturated carbocycles. The van der Waals surface area contributed by atoms with Crippen molar-refractivity contribution in [2.24, 2.45) is 0 Å². The van der Waals surface area contributed by atoms with E-state index in [2.05, 4.69) is 0 Å². The number of sulfone groups is 1. The zero-order chi connectivity index (χ0) is 6.78. The molecule has 5 heteroatoms. The maximum atomic E-state index is 10.4. The smallest absolute Gasteiger partial charge is 0.207 e. The molecule has 0 bridgehead atoms. The van der Waals surface area contributed by atoms with Gasteiger partial charge in [0, 0.05) is 0 Å². The van der Waals surface area contributed by atoms with Gasteiger partial charge in [-0.05, 0) is 0 Å². The van der Waals surface area contributed by atoms with E-state index in [-0.39, 0.29) is 5.75 Å². The van der Waals surface area contributed by atoms with Crippen molar-refractivity contribution in [3.63, 3.8) is 0 Å². The molecule has 0 spiro atoms. The average Bonchev–Trinajstić information content (AvgIpc) is 1.67. The van der Waals surface area contributed by atoms with Gasteiger partial charge >= 0.3 is 0 Å². The van der Waals surface area contributed by atoms with Gasteiger partial charge in [0.1, 0.15) is 0 Å². The predicted octanol–water partition coefficient (Wildman–Crippen LogP) is 1.18. The standard InChI is InChI=1S/C3H6Cl2O2S/c1-2-8(6,7)3(4)5/h3H,2H2,1H3. The molecule has 0 unspecified atom stereocenters. The molecular weight excluding hydrogens is 171 g/mol. The zero-order valence-electron chi connectivity index (χ0n) is 4.27. The Morgan fingerprint density at radius 2 is 1.88 bits per heavy atom. The van der Waals surface area contributed by atoms with Crippen molar-refractivity contribution in [2.75, 3.05) is 5.75 Å². The summed E-state index contributed by atoms with van der Waals surface area (Å²) in [5.41, 5.74) is 0. The first-order chi connectivity index (χ1) is 3.50. The number of rotatable bonds is 2. The Kier molecular flexibility index (Phi) is 3.09. The third-order valence-corrected chi connectivity index (χ3v) is 3.65. The van der Waals surface area contributed by atoms with Crippen LogP contribution < -0.4 is 0 Å². The Bertz CT molecular complexity index is 149. The lowest BCUT2D eigenvalue weighted by Crippen LogP contribution is -2.10. The van der Waals surface area contributed by atoms with Crippen molar-refractivity contribution in [3.05, 3.63) is 0 Å². The van der Waals surface area contributed by atoms with Crippen LogP contribution in [0.2, 0.25) is 0 Å². The van der Waals surface area contributed by atoms with Crippen LogP contribution in [0.15, 0.2) is 0 Å². The first kappa shape index (κ1) is 8.53. The normalized spacial score (nSPS) is 12.5. The number of alkyl halides is 2. The lowest BCUT2D eigenvalue weighted by molar-refractivity contribution is 0.600. The van der Waals surface area contributed by atoms with Gasteiger partial charge in [-0.15, -0.1) is 0 Å². The Labute approximate surface area is 58.7 Å². The summed E-state index contributed by atoms with van der Waals surface area (Å²) in [5.74, 6) is -0.00926. The van der Waals surface area contributed by atoms with E-state index in [1.165, 1.54) is 6.92 Å². The topological polar surface area (TPSA) is 34.1 Å². The van der Waals surface area contributed by atoms with E-state index < -0.39 is 14.0 Å². The van der Waals surface area contributed by atoms with Crippen LogP contribution in [0.25, 0.3) is 0 Å². The van der Waals surface area contributed by atoms with Crippen LogP contribution in [0.3, 0.4) is 0 Å². The predicted molar refractivity (Wildman–Crippen MR) is 35.0 cm³/mol. The molecule has 0 aliphatic carbocycles. The molecule has 0 saturated heterocycles. The van der Waals surface area contributed by atoms with Gasteiger partial charge in [0.05, 0.1) is 5.75 Å². The Balaban J connectivity index is 4.17. The Morgan fingerprint density at radius 3 is 1.88 bits per heavy atom. The van der Waals surface area contributed by atoms with Gasteiger partial charge < -0.3 is 0 Å². The van der Waals surface area contributed by atoms with Gasteiger partial charge in [-0.2, -0.15) is 0 Å². The summed E-state index contributed by atoms with van der Waals surface area (Å²) < 4.78 is 19.6. The molecule has 0 N–H and O–H groups in total. The van der Waals surface area contributed by atoms with Crippen LogP contribution in [-0.2, 0) is 9.84 Å². The molecule has 0 radical (unpaired) electrons. The van der Waals surface area contributed by atoms with Crippen LogP contribution in [0.1, 0.15) is 6.92 Å². The largest absolute Gasteiger partial charge is 0.226 e. The summed E-state index contributed by atoms with van der Waals surface area (Å²) in [7, 11) is -3.21. The lowest BCUT2D eigenvalue weighted by Gasteiger charge is -1.96. The summed E-state index contributed by atoms with van der Waals surface area (Å²) in [6, 6.07) is 0. The molecule has 0 aromatic rings. The van der Waals surface area contributed by atoms with Gasteiger partial charge in [0.25, 0.3) is 0 Å². The Morgan fingerprint density at radius 1 is 1.50 bits per heavy atom. The van der Waals surface area contributed by atoms with Crippen molar-refractivity contribution in [1.29, 1.82) is 0 Å². The fraction of sp³-hybridized carbons (Fsp3) is 1.00. The van der Waals surface area contributed by atoms with Gasteiger partial charge in [-0.3, -0.25) is 0 Å². The highest BCUT2D eigenvalue weighted by atomic mass is 35.5. The molecule has 0 aliphatic rings. The van der Waals surface area contributed by atoms with Crippen molar-refractivity contribution in [2.45, 2.75) is 11.1 Å². The summed E-state index contributed by atoms with van der Waals surface area (Å²) in [5, 5.41) is 0. The molecule has 8 heavy (non-hydrogen) atoms. The van der Waals surface area contributed by atoms with Gasteiger partial charge in [0.15, 0.2) is 9.84 Å². The second-order valence-electron chi connectivity index (χ2n) is 1.21. The molecule has 0 fully saturated rings. The molecule has 0 heterocycles. The minimum absolute atomic E-state index is 0.00926. The second kappa shape index (κ2) is 2.90. The van der Waals surface area contributed by atoms with Crippen LogP contribution in [0.4, 0.5) is 0 Å². The van der Waals surface area contributed by atoms with E-state index >= 15 is 0 Å². The summed E-state index contributed by atoms with van der Waals surface area (Å²) in [6.07, 6.45) is 0. The van der Waals surface area contributed by atoms with E-state index in [0.717, 1.165) is 0 Å². The first-order valence-corrected chi connectivity index (χ1v) is 4.59. The molecule has 2 nitrogen and oxygen atoms in total. The number of halogens is 2.